The van der Waals surface area contributed by atoms with Gasteiger partial charge in [0.15, 0.2) is 0 Å². The number of carbonyl (C=O) groups excluding carboxylic acids is 1. The van der Waals surface area contributed by atoms with Crippen LogP contribution in [0, 0.1) is 0 Å². The molecule has 156 valence electrons. The van der Waals surface area contributed by atoms with Crippen LogP contribution in [0.3, 0.4) is 0 Å². The minimum Gasteiger partial charge on any atom is -0.334 e. The topological polar surface area (TPSA) is 61.4 Å². The van der Waals surface area contributed by atoms with E-state index in [1.807, 2.05) is 51.1 Å². The van der Waals surface area contributed by atoms with Gasteiger partial charge in [-0.2, -0.15) is 0 Å². The zero-order valence-corrected chi connectivity index (χ0v) is 18.3. The van der Waals surface area contributed by atoms with Crippen LogP contribution < -0.4 is 10.6 Å². The summed E-state index contributed by atoms with van der Waals surface area (Å²) in [6.07, 6.45) is 0.949. The van der Waals surface area contributed by atoms with Crippen LogP contribution in [0.15, 0.2) is 54.6 Å². The third kappa shape index (κ3) is 6.68. The molecule has 0 aliphatic carbocycles. The Morgan fingerprint density at radius 1 is 1.10 bits per heavy atom. The number of nitrogens with one attached hydrogen (secondary N) is 2. The highest BCUT2D eigenvalue weighted by Gasteiger charge is 2.24. The van der Waals surface area contributed by atoms with Crippen LogP contribution in [0.1, 0.15) is 38.3 Å². The van der Waals surface area contributed by atoms with Crippen LogP contribution in [-0.2, 0) is 23.1 Å². The number of rotatable bonds is 6. The Bertz CT molecular complexity index is 849. The molecule has 0 aromatic heterocycles. The van der Waals surface area contributed by atoms with Crippen LogP contribution >= 0.6 is 0 Å². The van der Waals surface area contributed by atoms with Crippen molar-refractivity contribution in [3.63, 3.8) is 0 Å². The predicted molar refractivity (Wildman–Crippen MR) is 120 cm³/mol. The normalized spacial score (nSPS) is 18.4. The monoisotopic (exact) mass is 413 g/mol. The molecule has 2 N–H and O–H groups in total. The molecule has 29 heavy (non-hydrogen) atoms. The molecule has 2 aromatic rings. The highest BCUT2D eigenvalue weighted by atomic mass is 32.2. The number of hydrogen-bond donors (Lipinski definition) is 2. The van der Waals surface area contributed by atoms with Gasteiger partial charge in [0.2, 0.25) is 0 Å². The summed E-state index contributed by atoms with van der Waals surface area (Å²) in [6, 6.07) is 18.0. The summed E-state index contributed by atoms with van der Waals surface area (Å²) in [7, 11) is -0.968. The van der Waals surface area contributed by atoms with Gasteiger partial charge in [-0.05, 0) is 50.5 Å². The first-order chi connectivity index (χ1) is 13.8. The van der Waals surface area contributed by atoms with Crippen molar-refractivity contribution in [3.8, 4) is 0 Å². The molecular weight excluding hydrogens is 382 g/mol. The van der Waals surface area contributed by atoms with Gasteiger partial charge in [0.05, 0.1) is 0 Å². The van der Waals surface area contributed by atoms with Gasteiger partial charge in [0, 0.05) is 52.7 Å². The van der Waals surface area contributed by atoms with Crippen molar-refractivity contribution in [2.24, 2.45) is 0 Å². The minimum absolute atomic E-state index is 0.148. The largest absolute Gasteiger partial charge is 0.334 e. The summed E-state index contributed by atoms with van der Waals surface area (Å²) >= 11 is 0. The van der Waals surface area contributed by atoms with Crippen LogP contribution in [0.5, 0.6) is 0 Å². The number of urea groups is 1. The summed E-state index contributed by atoms with van der Waals surface area (Å²) in [5, 5.41) is 5.99. The molecule has 0 saturated carbocycles. The second kappa shape index (κ2) is 9.55. The molecule has 0 spiro atoms. The Hall–Kier alpha value is -2.18. The second-order valence-corrected chi connectivity index (χ2v) is 10.8. The van der Waals surface area contributed by atoms with Crippen molar-refractivity contribution in [3.05, 3.63) is 65.7 Å². The summed E-state index contributed by atoms with van der Waals surface area (Å²) < 4.78 is 12.1. The number of likely N-dealkylation sites (tertiary alicyclic amines) is 1. The molecule has 2 unspecified atom stereocenters. The fourth-order valence-electron chi connectivity index (χ4n) is 3.40. The van der Waals surface area contributed by atoms with E-state index in [0.29, 0.717) is 5.75 Å². The summed E-state index contributed by atoms with van der Waals surface area (Å²) in [6.45, 7) is 8.67. The molecule has 5 nitrogen and oxygen atoms in total. The van der Waals surface area contributed by atoms with E-state index in [4.69, 9.17) is 0 Å². The summed E-state index contributed by atoms with van der Waals surface area (Å²) in [4.78, 5) is 14.8. The average Bonchev–Trinajstić information content (AvgIpc) is 3.08. The Morgan fingerprint density at radius 2 is 1.83 bits per heavy atom. The van der Waals surface area contributed by atoms with Gasteiger partial charge in [0.1, 0.15) is 0 Å². The molecule has 6 heteroatoms. The Balaban J connectivity index is 1.48. The first kappa shape index (κ1) is 21.5. The average molecular weight is 414 g/mol. The molecule has 0 radical (unpaired) electrons. The number of hydrogen-bond acceptors (Lipinski definition) is 3. The van der Waals surface area contributed by atoms with Gasteiger partial charge in [-0.3, -0.25) is 9.11 Å². The maximum atomic E-state index is 12.4. The predicted octanol–water partition coefficient (Wildman–Crippen LogP) is 4.13. The van der Waals surface area contributed by atoms with E-state index in [2.05, 4.69) is 39.8 Å². The molecule has 3 rings (SSSR count). The third-order valence-corrected chi connectivity index (χ3v) is 6.98. The van der Waals surface area contributed by atoms with Gasteiger partial charge in [-0.15, -0.1) is 0 Å². The van der Waals surface area contributed by atoms with E-state index in [1.54, 1.807) is 0 Å². The smallest absolute Gasteiger partial charge is 0.319 e. The SMILES string of the molecule is CC(C)(C)S(=O)Cc1cccc(NC(=O)NC2CCN(Cc3ccccc3)C2)c1. The van der Waals surface area contributed by atoms with Gasteiger partial charge in [-0.1, -0.05) is 42.5 Å². The molecule has 1 aliphatic heterocycles. The molecule has 2 amide bonds. The molecule has 2 atom stereocenters. The summed E-state index contributed by atoms with van der Waals surface area (Å²) in [5.74, 6) is 0.484. The lowest BCUT2D eigenvalue weighted by atomic mass is 10.2. The van der Waals surface area contributed by atoms with Gasteiger partial charge < -0.3 is 10.6 Å². The van der Waals surface area contributed by atoms with Crippen LogP contribution in [0.2, 0.25) is 0 Å². The van der Waals surface area contributed by atoms with Crippen molar-refractivity contribution < 1.29 is 9.00 Å². The van der Waals surface area contributed by atoms with Crippen molar-refractivity contribution in [1.29, 1.82) is 0 Å². The lowest BCUT2D eigenvalue weighted by Crippen LogP contribution is -2.39. The molecule has 1 heterocycles. The molecular formula is C23H31N3O2S. The van der Waals surface area contributed by atoms with Crippen molar-refractivity contribution in [1.82, 2.24) is 10.2 Å². The number of benzene rings is 2. The van der Waals surface area contributed by atoms with E-state index in [9.17, 15) is 9.00 Å². The van der Waals surface area contributed by atoms with Crippen LogP contribution in [0.25, 0.3) is 0 Å². The molecule has 1 saturated heterocycles. The highest BCUT2D eigenvalue weighted by molar-refractivity contribution is 7.85. The van der Waals surface area contributed by atoms with Crippen LogP contribution in [-0.4, -0.2) is 39.0 Å². The number of carbonyl (C=O) groups is 1. The Morgan fingerprint density at radius 3 is 2.55 bits per heavy atom. The van der Waals surface area contributed by atoms with Crippen LogP contribution in [0.4, 0.5) is 10.5 Å². The first-order valence-corrected chi connectivity index (χ1v) is 11.4. The van der Waals surface area contributed by atoms with Crippen molar-refractivity contribution >= 4 is 22.5 Å². The van der Waals surface area contributed by atoms with Gasteiger partial charge >= 0.3 is 6.03 Å². The zero-order chi connectivity index (χ0) is 20.9. The lowest BCUT2D eigenvalue weighted by molar-refractivity contribution is 0.247. The minimum atomic E-state index is -0.968. The highest BCUT2D eigenvalue weighted by Crippen LogP contribution is 2.19. The number of amides is 2. The maximum absolute atomic E-state index is 12.4. The Kier molecular flexibility index (Phi) is 7.09. The lowest BCUT2D eigenvalue weighted by Gasteiger charge is -2.18. The third-order valence-electron chi connectivity index (χ3n) is 5.02. The van der Waals surface area contributed by atoms with E-state index in [1.165, 1.54) is 5.56 Å². The van der Waals surface area contributed by atoms with Crippen molar-refractivity contribution in [2.45, 2.75) is 50.3 Å². The van der Waals surface area contributed by atoms with E-state index >= 15 is 0 Å². The van der Waals surface area contributed by atoms with E-state index < -0.39 is 10.8 Å². The summed E-state index contributed by atoms with van der Waals surface area (Å²) in [5.41, 5.74) is 2.98. The molecule has 1 fully saturated rings. The fourth-order valence-corrected chi connectivity index (χ4v) is 4.31. The van der Waals surface area contributed by atoms with E-state index in [-0.39, 0.29) is 16.8 Å². The van der Waals surface area contributed by atoms with E-state index in [0.717, 1.165) is 37.3 Å². The standard InChI is InChI=1S/C23H31N3O2S/c1-23(2,3)29(28)17-19-10-7-11-20(14-19)24-22(27)25-21-12-13-26(16-21)15-18-8-5-4-6-9-18/h4-11,14,21H,12-13,15-17H2,1-3H3,(H2,24,25,27). The van der Waals surface area contributed by atoms with Gasteiger partial charge in [-0.25, -0.2) is 4.79 Å². The van der Waals surface area contributed by atoms with Gasteiger partial charge in [0.25, 0.3) is 0 Å². The molecule has 1 aliphatic rings. The van der Waals surface area contributed by atoms with Crippen molar-refractivity contribution in [2.75, 3.05) is 18.4 Å². The second-order valence-electron chi connectivity index (χ2n) is 8.61. The molecule has 0 bridgehead atoms. The Labute approximate surface area is 176 Å². The molecule has 2 aromatic carbocycles. The number of nitrogens with zero attached hydrogens (tertiary/aromatic N) is 1. The fraction of sp³-hybridized carbons (Fsp3) is 0.435. The maximum Gasteiger partial charge on any atom is 0.319 e. The zero-order valence-electron chi connectivity index (χ0n) is 17.5. The quantitative estimate of drug-likeness (QED) is 0.749. The number of anilines is 1. The first-order valence-electron chi connectivity index (χ1n) is 10.1.